The summed E-state index contributed by atoms with van der Waals surface area (Å²) < 4.78 is 4.43. The third-order valence-corrected chi connectivity index (χ3v) is 0.332. The predicted octanol–water partition coefficient (Wildman–Crippen LogP) is 0.859. The van der Waals surface area contributed by atoms with Crippen LogP contribution in [0.4, 0.5) is 0 Å². The zero-order valence-electron chi connectivity index (χ0n) is 3.83. The van der Waals surface area contributed by atoms with Gasteiger partial charge in [0, 0.05) is 6.08 Å². The Hall–Kier alpha value is -1.05. The first-order valence-corrected chi connectivity index (χ1v) is 1.78. The summed E-state index contributed by atoms with van der Waals surface area (Å²) in [5.41, 5.74) is 0. The molecule has 38 valence electrons. The van der Waals surface area contributed by atoms with Crippen LogP contribution in [0.2, 0.25) is 0 Å². The van der Waals surface area contributed by atoms with Gasteiger partial charge in [0.05, 0.1) is 12.5 Å². The second-order valence-corrected chi connectivity index (χ2v) is 0.767. The highest BCUT2D eigenvalue weighted by Gasteiger charge is 1.59. The lowest BCUT2D eigenvalue weighted by Crippen LogP contribution is -1.62. The van der Waals surface area contributed by atoms with Crippen LogP contribution in [0, 0.1) is 0 Å². The van der Waals surface area contributed by atoms with Crippen molar-refractivity contribution in [3.8, 4) is 0 Å². The van der Waals surface area contributed by atoms with Gasteiger partial charge in [-0.2, -0.15) is 0 Å². The Labute approximate surface area is 42.1 Å². The highest BCUT2D eigenvalue weighted by atomic mass is 16.5. The standard InChI is InChI=1S/C5H6O2/c1-2-7-5-3-4-6/h2-5H,1H2. The monoisotopic (exact) mass is 98.0 g/mol. The summed E-state index contributed by atoms with van der Waals surface area (Å²) in [6, 6.07) is 0. The summed E-state index contributed by atoms with van der Waals surface area (Å²) >= 11 is 0. The van der Waals surface area contributed by atoms with E-state index in [9.17, 15) is 4.79 Å². The van der Waals surface area contributed by atoms with Crippen molar-refractivity contribution in [1.82, 2.24) is 0 Å². The van der Waals surface area contributed by atoms with E-state index in [0.717, 1.165) is 0 Å². The fourth-order valence-electron chi connectivity index (χ4n) is 0.133. The van der Waals surface area contributed by atoms with E-state index in [-0.39, 0.29) is 0 Å². The molecule has 0 N–H and O–H groups in total. The Morgan fingerprint density at radius 1 is 1.57 bits per heavy atom. The Morgan fingerprint density at radius 3 is 2.71 bits per heavy atom. The van der Waals surface area contributed by atoms with E-state index < -0.39 is 0 Å². The topological polar surface area (TPSA) is 26.3 Å². The molecule has 2 nitrogen and oxygen atoms in total. The van der Waals surface area contributed by atoms with Gasteiger partial charge in [-0.3, -0.25) is 4.79 Å². The Kier molecular flexibility index (Phi) is 4.21. The third kappa shape index (κ3) is 4.95. The number of hydrogen-bond acceptors (Lipinski definition) is 2. The van der Waals surface area contributed by atoms with Gasteiger partial charge in [0.25, 0.3) is 0 Å². The molecule has 0 saturated heterocycles. The van der Waals surface area contributed by atoms with Gasteiger partial charge >= 0.3 is 0 Å². The van der Waals surface area contributed by atoms with Crippen LogP contribution in [-0.4, -0.2) is 6.29 Å². The van der Waals surface area contributed by atoms with Crippen molar-refractivity contribution in [2.75, 3.05) is 0 Å². The molecule has 0 aromatic rings. The smallest absolute Gasteiger partial charge is 0.145 e. The van der Waals surface area contributed by atoms with Crippen molar-refractivity contribution >= 4 is 6.29 Å². The number of carbonyl (C=O) groups excluding carboxylic acids is 1. The summed E-state index contributed by atoms with van der Waals surface area (Å²) in [5, 5.41) is 0. The molecular weight excluding hydrogens is 92.1 g/mol. The summed E-state index contributed by atoms with van der Waals surface area (Å²) in [6.45, 7) is 3.24. The van der Waals surface area contributed by atoms with E-state index in [1.165, 1.54) is 18.6 Å². The largest absolute Gasteiger partial charge is 0.473 e. The molecule has 0 aromatic heterocycles. The zero-order valence-corrected chi connectivity index (χ0v) is 3.83. The van der Waals surface area contributed by atoms with Gasteiger partial charge in [0.2, 0.25) is 0 Å². The molecule has 0 aliphatic rings. The lowest BCUT2D eigenvalue weighted by atomic mass is 10.7. The Bertz CT molecular complexity index is 84.1. The molecule has 0 saturated carbocycles. The first-order chi connectivity index (χ1) is 3.41. The molecule has 0 bridgehead atoms. The second-order valence-electron chi connectivity index (χ2n) is 0.767. The van der Waals surface area contributed by atoms with Gasteiger partial charge in [0.1, 0.15) is 6.29 Å². The molecule has 0 spiro atoms. The molecular formula is C5H6O2. The molecule has 0 rings (SSSR count). The minimum Gasteiger partial charge on any atom is -0.473 e. The van der Waals surface area contributed by atoms with E-state index in [0.29, 0.717) is 6.29 Å². The molecule has 0 aliphatic heterocycles. The lowest BCUT2D eigenvalue weighted by molar-refractivity contribution is -0.104. The fraction of sp³-hybridized carbons (Fsp3) is 0. The number of carbonyl (C=O) groups is 1. The molecule has 0 heterocycles. The van der Waals surface area contributed by atoms with Gasteiger partial charge in [-0.05, 0) is 0 Å². The predicted molar refractivity (Wildman–Crippen MR) is 26.5 cm³/mol. The quantitative estimate of drug-likeness (QED) is 0.297. The van der Waals surface area contributed by atoms with Crippen molar-refractivity contribution < 1.29 is 9.53 Å². The molecule has 0 amide bonds. The molecule has 0 atom stereocenters. The van der Waals surface area contributed by atoms with Crippen LogP contribution < -0.4 is 0 Å². The lowest BCUT2D eigenvalue weighted by Gasteiger charge is -1.79. The highest BCUT2D eigenvalue weighted by Crippen LogP contribution is 1.71. The minimum atomic E-state index is 0.628. The fourth-order valence-corrected chi connectivity index (χ4v) is 0.133. The van der Waals surface area contributed by atoms with E-state index in [1.807, 2.05) is 0 Å². The summed E-state index contributed by atoms with van der Waals surface area (Å²) in [7, 11) is 0. The number of rotatable bonds is 3. The van der Waals surface area contributed by atoms with Crippen molar-refractivity contribution in [3.05, 3.63) is 25.2 Å². The van der Waals surface area contributed by atoms with Gasteiger partial charge in [-0.1, -0.05) is 6.58 Å². The maximum atomic E-state index is 9.48. The van der Waals surface area contributed by atoms with Crippen molar-refractivity contribution in [3.63, 3.8) is 0 Å². The summed E-state index contributed by atoms with van der Waals surface area (Å²) in [5.74, 6) is 0. The average molecular weight is 98.1 g/mol. The van der Waals surface area contributed by atoms with Crippen LogP contribution in [0.3, 0.4) is 0 Å². The third-order valence-electron chi connectivity index (χ3n) is 0.332. The van der Waals surface area contributed by atoms with Gasteiger partial charge in [-0.25, -0.2) is 0 Å². The van der Waals surface area contributed by atoms with Gasteiger partial charge < -0.3 is 4.74 Å². The van der Waals surface area contributed by atoms with Crippen molar-refractivity contribution in [2.45, 2.75) is 0 Å². The van der Waals surface area contributed by atoms with E-state index >= 15 is 0 Å². The minimum absolute atomic E-state index is 0.628. The molecule has 0 radical (unpaired) electrons. The van der Waals surface area contributed by atoms with Crippen LogP contribution in [0.25, 0.3) is 0 Å². The van der Waals surface area contributed by atoms with E-state index in [2.05, 4.69) is 11.3 Å². The highest BCUT2D eigenvalue weighted by molar-refractivity contribution is 5.64. The van der Waals surface area contributed by atoms with Gasteiger partial charge in [0.15, 0.2) is 0 Å². The Balaban J connectivity index is 3.08. The van der Waals surface area contributed by atoms with Crippen LogP contribution in [-0.2, 0) is 9.53 Å². The van der Waals surface area contributed by atoms with Crippen LogP contribution >= 0.6 is 0 Å². The normalized spacial score (nSPS) is 8.57. The maximum absolute atomic E-state index is 9.48. The number of aldehydes is 1. The summed E-state index contributed by atoms with van der Waals surface area (Å²) in [4.78, 5) is 9.48. The van der Waals surface area contributed by atoms with Crippen LogP contribution in [0.1, 0.15) is 0 Å². The molecule has 7 heavy (non-hydrogen) atoms. The zero-order chi connectivity index (χ0) is 5.54. The second kappa shape index (κ2) is 4.95. The molecule has 2 heteroatoms. The first kappa shape index (κ1) is 5.95. The average Bonchev–Trinajstić information content (AvgIpc) is 1.69. The van der Waals surface area contributed by atoms with E-state index in [1.54, 1.807) is 0 Å². The summed E-state index contributed by atoms with van der Waals surface area (Å²) in [6.07, 6.45) is 4.35. The van der Waals surface area contributed by atoms with Gasteiger partial charge in [-0.15, -0.1) is 0 Å². The maximum Gasteiger partial charge on any atom is 0.145 e. The van der Waals surface area contributed by atoms with Crippen molar-refractivity contribution in [2.24, 2.45) is 0 Å². The van der Waals surface area contributed by atoms with E-state index in [4.69, 9.17) is 0 Å². The van der Waals surface area contributed by atoms with Crippen molar-refractivity contribution in [1.29, 1.82) is 0 Å². The molecule has 0 aromatic carbocycles. The SMILES string of the molecule is C=COC=CC=O. The number of allylic oxidation sites excluding steroid dienone is 1. The molecule has 0 fully saturated rings. The number of hydrogen-bond donors (Lipinski definition) is 0. The van der Waals surface area contributed by atoms with Crippen LogP contribution in [0.5, 0.6) is 0 Å². The molecule has 0 aliphatic carbocycles. The van der Waals surface area contributed by atoms with Crippen LogP contribution in [0.15, 0.2) is 25.2 Å². The molecule has 0 unspecified atom stereocenters. The first-order valence-electron chi connectivity index (χ1n) is 1.78. The Morgan fingerprint density at radius 2 is 2.29 bits per heavy atom. The number of ether oxygens (including phenoxy) is 1.